The van der Waals surface area contributed by atoms with Crippen molar-refractivity contribution in [2.75, 3.05) is 12.4 Å². The van der Waals surface area contributed by atoms with Crippen molar-refractivity contribution in [2.24, 2.45) is 0 Å². The van der Waals surface area contributed by atoms with E-state index < -0.39 is 0 Å². The lowest BCUT2D eigenvalue weighted by molar-refractivity contribution is 0.488. The number of nitrogens with one attached hydrogen (secondary N) is 1. The van der Waals surface area contributed by atoms with E-state index in [1.807, 2.05) is 30.1 Å². The highest BCUT2D eigenvalue weighted by Crippen LogP contribution is 2.27. The van der Waals surface area contributed by atoms with Crippen molar-refractivity contribution >= 4 is 34.0 Å². The van der Waals surface area contributed by atoms with Gasteiger partial charge in [0, 0.05) is 36.7 Å². The first-order valence-electron chi connectivity index (χ1n) is 7.85. The van der Waals surface area contributed by atoms with Crippen molar-refractivity contribution in [1.82, 2.24) is 4.90 Å². The third-order valence-corrected chi connectivity index (χ3v) is 4.35. The molecule has 3 rings (SSSR count). The molecule has 0 amide bonds. The first-order chi connectivity index (χ1) is 11.6. The van der Waals surface area contributed by atoms with Gasteiger partial charge in [0.05, 0.1) is 0 Å². The maximum absolute atomic E-state index is 13.0. The molecular formula is C19H19FN2OS. The Bertz CT molecular complexity index is 857. The first kappa shape index (κ1) is 16.5. The van der Waals surface area contributed by atoms with Crippen molar-refractivity contribution in [3.05, 3.63) is 65.7 Å². The Balaban J connectivity index is 1.77. The van der Waals surface area contributed by atoms with E-state index in [1.165, 1.54) is 12.1 Å². The number of rotatable bonds is 4. The van der Waals surface area contributed by atoms with Gasteiger partial charge in [-0.2, -0.15) is 0 Å². The van der Waals surface area contributed by atoms with Gasteiger partial charge in [0.15, 0.2) is 5.11 Å². The van der Waals surface area contributed by atoms with Gasteiger partial charge in [-0.15, -0.1) is 0 Å². The molecule has 1 N–H and O–H groups in total. The second-order valence-corrected chi connectivity index (χ2v) is 6.03. The summed E-state index contributed by atoms with van der Waals surface area (Å²) in [6.07, 6.45) is 0.829. The average Bonchev–Trinajstić information content (AvgIpc) is 2.94. The number of halogens is 1. The summed E-state index contributed by atoms with van der Waals surface area (Å²) < 4.78 is 18.9. The maximum Gasteiger partial charge on any atom is 0.173 e. The van der Waals surface area contributed by atoms with E-state index in [0.717, 1.165) is 34.4 Å². The average molecular weight is 342 g/mol. The summed E-state index contributed by atoms with van der Waals surface area (Å²) in [5, 5.41) is 4.82. The van der Waals surface area contributed by atoms with Crippen molar-refractivity contribution in [3.63, 3.8) is 0 Å². The van der Waals surface area contributed by atoms with Gasteiger partial charge in [-0.3, -0.25) is 0 Å². The number of benzene rings is 2. The Hall–Kier alpha value is -2.40. The van der Waals surface area contributed by atoms with Crippen LogP contribution in [0.4, 0.5) is 10.1 Å². The van der Waals surface area contributed by atoms with Gasteiger partial charge in [0.25, 0.3) is 0 Å². The number of aryl methyl sites for hydroxylation is 1. The fraction of sp³-hybridized carbons (Fsp3) is 0.211. The minimum atomic E-state index is -0.266. The normalized spacial score (nSPS) is 10.8. The number of hydrogen-bond donors (Lipinski definition) is 1. The highest BCUT2D eigenvalue weighted by Gasteiger charge is 2.15. The van der Waals surface area contributed by atoms with Crippen LogP contribution in [0, 0.1) is 5.82 Å². The molecular weight excluding hydrogens is 323 g/mol. The molecule has 24 heavy (non-hydrogen) atoms. The smallest absolute Gasteiger partial charge is 0.173 e. The number of thiocarbonyl (C=S) groups is 1. The Morgan fingerprint density at radius 1 is 1.17 bits per heavy atom. The van der Waals surface area contributed by atoms with Gasteiger partial charge < -0.3 is 14.6 Å². The van der Waals surface area contributed by atoms with E-state index in [0.29, 0.717) is 11.7 Å². The predicted molar refractivity (Wildman–Crippen MR) is 99.7 cm³/mol. The van der Waals surface area contributed by atoms with Crippen molar-refractivity contribution in [1.29, 1.82) is 0 Å². The molecule has 0 aliphatic carbocycles. The van der Waals surface area contributed by atoms with E-state index in [-0.39, 0.29) is 5.82 Å². The summed E-state index contributed by atoms with van der Waals surface area (Å²) in [4.78, 5) is 1.95. The van der Waals surface area contributed by atoms with Crippen LogP contribution in [0.25, 0.3) is 11.0 Å². The monoisotopic (exact) mass is 342 g/mol. The largest absolute Gasteiger partial charge is 0.461 e. The van der Waals surface area contributed by atoms with Crippen LogP contribution < -0.4 is 5.32 Å². The van der Waals surface area contributed by atoms with Crippen LogP contribution in [0.2, 0.25) is 0 Å². The molecule has 124 valence electrons. The zero-order valence-electron chi connectivity index (χ0n) is 13.7. The lowest BCUT2D eigenvalue weighted by atomic mass is 10.1. The number of anilines is 1. The molecule has 5 heteroatoms. The Kier molecular flexibility index (Phi) is 4.81. The van der Waals surface area contributed by atoms with E-state index in [4.69, 9.17) is 16.6 Å². The van der Waals surface area contributed by atoms with Crippen molar-refractivity contribution in [2.45, 2.75) is 19.9 Å². The Morgan fingerprint density at radius 3 is 2.58 bits per heavy atom. The molecule has 0 aliphatic heterocycles. The third-order valence-electron chi connectivity index (χ3n) is 3.94. The minimum Gasteiger partial charge on any atom is -0.461 e. The topological polar surface area (TPSA) is 28.4 Å². The standard InChI is InChI=1S/C19H19FN2OS/c1-3-17-16(15-6-4-5-7-18(15)23-17)12-22(2)19(24)21-14-10-8-13(20)9-11-14/h4-11H,3,12H2,1-2H3,(H,21,24). The second-order valence-electron chi connectivity index (χ2n) is 5.65. The quantitative estimate of drug-likeness (QED) is 0.678. The molecule has 0 fully saturated rings. The lowest BCUT2D eigenvalue weighted by Crippen LogP contribution is -2.30. The van der Waals surface area contributed by atoms with E-state index >= 15 is 0 Å². The van der Waals surface area contributed by atoms with E-state index in [9.17, 15) is 4.39 Å². The van der Waals surface area contributed by atoms with Crippen LogP contribution in [0.5, 0.6) is 0 Å². The van der Waals surface area contributed by atoms with Gasteiger partial charge >= 0.3 is 0 Å². The van der Waals surface area contributed by atoms with Gasteiger partial charge in [-0.25, -0.2) is 4.39 Å². The molecule has 0 bridgehead atoms. The van der Waals surface area contributed by atoms with Crippen LogP contribution in [0.1, 0.15) is 18.2 Å². The number of nitrogens with zero attached hydrogens (tertiary/aromatic N) is 1. The molecule has 3 aromatic rings. The van der Waals surface area contributed by atoms with Gasteiger partial charge in [-0.05, 0) is 42.5 Å². The van der Waals surface area contributed by atoms with Crippen LogP contribution in [0.15, 0.2) is 52.9 Å². The summed E-state index contributed by atoms with van der Waals surface area (Å²) in [7, 11) is 1.93. The molecule has 1 aromatic heterocycles. The molecule has 0 saturated heterocycles. The number of hydrogen-bond acceptors (Lipinski definition) is 2. The van der Waals surface area contributed by atoms with Crippen LogP contribution in [-0.2, 0) is 13.0 Å². The molecule has 0 saturated carbocycles. The fourth-order valence-electron chi connectivity index (χ4n) is 2.67. The van der Waals surface area contributed by atoms with Gasteiger partial charge in [-0.1, -0.05) is 25.1 Å². The molecule has 0 radical (unpaired) electrons. The third kappa shape index (κ3) is 3.41. The fourth-order valence-corrected chi connectivity index (χ4v) is 2.85. The summed E-state index contributed by atoms with van der Waals surface area (Å²) >= 11 is 5.46. The first-order valence-corrected chi connectivity index (χ1v) is 8.26. The van der Waals surface area contributed by atoms with Crippen LogP contribution in [-0.4, -0.2) is 17.1 Å². The van der Waals surface area contributed by atoms with E-state index in [2.05, 4.69) is 18.3 Å². The summed E-state index contributed by atoms with van der Waals surface area (Å²) in [6.45, 7) is 2.73. The highest BCUT2D eigenvalue weighted by atomic mass is 32.1. The molecule has 0 aliphatic rings. The highest BCUT2D eigenvalue weighted by molar-refractivity contribution is 7.80. The SMILES string of the molecule is CCc1oc2ccccc2c1CN(C)C(=S)Nc1ccc(F)cc1. The zero-order chi connectivity index (χ0) is 17.1. The van der Waals surface area contributed by atoms with Crippen LogP contribution >= 0.6 is 12.2 Å². The maximum atomic E-state index is 13.0. The van der Waals surface area contributed by atoms with Crippen molar-refractivity contribution < 1.29 is 8.81 Å². The molecule has 3 nitrogen and oxygen atoms in total. The lowest BCUT2D eigenvalue weighted by Gasteiger charge is -2.21. The number of para-hydroxylation sites is 1. The van der Waals surface area contributed by atoms with Crippen LogP contribution in [0.3, 0.4) is 0 Å². The molecule has 2 aromatic carbocycles. The van der Waals surface area contributed by atoms with Gasteiger partial charge in [0.1, 0.15) is 17.2 Å². The minimum absolute atomic E-state index is 0.266. The Labute approximate surface area is 146 Å². The summed E-state index contributed by atoms with van der Waals surface area (Å²) in [5.74, 6) is 0.713. The van der Waals surface area contributed by atoms with E-state index in [1.54, 1.807) is 12.1 Å². The summed E-state index contributed by atoms with van der Waals surface area (Å²) in [6, 6.07) is 14.2. The number of furan rings is 1. The van der Waals surface area contributed by atoms with Crippen molar-refractivity contribution in [3.8, 4) is 0 Å². The molecule has 0 unspecified atom stereocenters. The predicted octanol–water partition coefficient (Wildman–Crippen LogP) is 4.96. The zero-order valence-corrected chi connectivity index (χ0v) is 14.5. The molecule has 1 heterocycles. The summed E-state index contributed by atoms with van der Waals surface area (Å²) in [5.41, 5.74) is 2.81. The molecule has 0 atom stereocenters. The van der Waals surface area contributed by atoms with Gasteiger partial charge in [0.2, 0.25) is 0 Å². The Morgan fingerprint density at radius 2 is 1.88 bits per heavy atom. The second kappa shape index (κ2) is 7.01. The number of fused-ring (bicyclic) bond motifs is 1. The molecule has 0 spiro atoms.